The van der Waals surface area contributed by atoms with E-state index < -0.39 is 0 Å². The van der Waals surface area contributed by atoms with Gasteiger partial charge in [0.15, 0.2) is 0 Å². The van der Waals surface area contributed by atoms with Crippen LogP contribution in [0.25, 0.3) is 11.4 Å². The van der Waals surface area contributed by atoms with E-state index in [-0.39, 0.29) is 0 Å². The Morgan fingerprint density at radius 3 is 2.68 bits per heavy atom. The first-order chi connectivity index (χ1) is 9.33. The van der Waals surface area contributed by atoms with E-state index in [0.717, 1.165) is 44.2 Å². The number of hydrogen-bond acceptors (Lipinski definition) is 4. The summed E-state index contributed by atoms with van der Waals surface area (Å²) in [5.41, 5.74) is 3.25. The molecule has 0 radical (unpaired) electrons. The number of hydrogen-bond donors (Lipinski definition) is 0. The highest BCUT2D eigenvalue weighted by atomic mass is 16.5. The Kier molecular flexibility index (Phi) is 3.57. The van der Waals surface area contributed by atoms with Crippen LogP contribution in [0.4, 0.5) is 0 Å². The smallest absolute Gasteiger partial charge is 0.0883 e. The second-order valence-electron chi connectivity index (χ2n) is 4.78. The lowest BCUT2D eigenvalue weighted by Crippen LogP contribution is -2.35. The summed E-state index contributed by atoms with van der Waals surface area (Å²) in [6.07, 6.45) is 3.75. The summed E-state index contributed by atoms with van der Waals surface area (Å²) in [6, 6.07) is 6.18. The molecule has 0 aliphatic carbocycles. The molecule has 0 bridgehead atoms. The molecule has 5 heteroatoms. The minimum absolute atomic E-state index is 0.834. The van der Waals surface area contributed by atoms with Gasteiger partial charge in [-0.05, 0) is 17.7 Å². The molecule has 0 spiro atoms. The predicted octanol–water partition coefficient (Wildman–Crippen LogP) is 1.31. The molecule has 1 fully saturated rings. The number of morpholine rings is 1. The molecule has 0 atom stereocenters. The summed E-state index contributed by atoms with van der Waals surface area (Å²) in [5, 5.41) is 4.16. The van der Waals surface area contributed by atoms with Crippen LogP contribution in [0.3, 0.4) is 0 Å². The maximum Gasteiger partial charge on any atom is 0.0883 e. The van der Waals surface area contributed by atoms with Gasteiger partial charge in [0.05, 0.1) is 24.6 Å². The van der Waals surface area contributed by atoms with Gasteiger partial charge in [0.1, 0.15) is 0 Å². The molecule has 19 heavy (non-hydrogen) atoms. The molecule has 1 aliphatic heterocycles. The Hall–Kier alpha value is -1.72. The van der Waals surface area contributed by atoms with Crippen molar-refractivity contribution in [2.45, 2.75) is 6.54 Å². The lowest BCUT2D eigenvalue weighted by atomic mass is 10.2. The van der Waals surface area contributed by atoms with Gasteiger partial charge in [0, 0.05) is 39.1 Å². The van der Waals surface area contributed by atoms with Crippen LogP contribution in [0.1, 0.15) is 5.56 Å². The summed E-state index contributed by atoms with van der Waals surface area (Å²) in [5.74, 6) is 0. The van der Waals surface area contributed by atoms with Gasteiger partial charge < -0.3 is 4.74 Å². The van der Waals surface area contributed by atoms with Gasteiger partial charge in [-0.25, -0.2) is 0 Å². The normalized spacial score (nSPS) is 16.7. The highest BCUT2D eigenvalue weighted by Crippen LogP contribution is 2.16. The molecule has 0 N–H and O–H groups in total. The van der Waals surface area contributed by atoms with E-state index >= 15 is 0 Å². The van der Waals surface area contributed by atoms with Crippen molar-refractivity contribution in [2.24, 2.45) is 7.05 Å². The Labute approximate surface area is 112 Å². The molecule has 3 rings (SSSR count). The topological polar surface area (TPSA) is 43.2 Å². The molecular formula is C14H18N4O. The molecule has 5 nitrogen and oxygen atoms in total. The van der Waals surface area contributed by atoms with Crippen molar-refractivity contribution in [1.82, 2.24) is 19.7 Å². The first kappa shape index (κ1) is 12.3. The molecule has 1 saturated heterocycles. The van der Waals surface area contributed by atoms with Crippen molar-refractivity contribution in [1.29, 1.82) is 0 Å². The fraction of sp³-hybridized carbons (Fsp3) is 0.429. The molecule has 1 aliphatic rings. The minimum Gasteiger partial charge on any atom is -0.379 e. The maximum atomic E-state index is 5.35. The lowest BCUT2D eigenvalue weighted by molar-refractivity contribution is 0.0341. The van der Waals surface area contributed by atoms with E-state index in [1.54, 1.807) is 6.20 Å². The maximum absolute atomic E-state index is 5.35. The molecule has 0 amide bonds. The summed E-state index contributed by atoms with van der Waals surface area (Å²) in [6.45, 7) is 4.62. The Morgan fingerprint density at radius 1 is 1.21 bits per heavy atom. The van der Waals surface area contributed by atoms with Gasteiger partial charge >= 0.3 is 0 Å². The molecular weight excluding hydrogens is 240 g/mol. The van der Waals surface area contributed by atoms with Crippen LogP contribution in [-0.4, -0.2) is 46.0 Å². The molecule has 2 aromatic rings. The average Bonchev–Trinajstić information content (AvgIpc) is 2.87. The zero-order chi connectivity index (χ0) is 13.1. The number of aryl methyl sites for hydroxylation is 1. The first-order valence-electron chi connectivity index (χ1n) is 6.56. The van der Waals surface area contributed by atoms with Crippen molar-refractivity contribution in [3.63, 3.8) is 0 Å². The van der Waals surface area contributed by atoms with Crippen molar-refractivity contribution in [2.75, 3.05) is 26.3 Å². The third-order valence-electron chi connectivity index (χ3n) is 3.42. The second-order valence-corrected chi connectivity index (χ2v) is 4.78. The Bertz CT molecular complexity index is 529. The summed E-state index contributed by atoms with van der Waals surface area (Å²) in [4.78, 5) is 6.92. The number of aromatic nitrogens is 3. The molecule has 2 aromatic heterocycles. The molecule has 3 heterocycles. The van der Waals surface area contributed by atoms with Gasteiger partial charge in [0.2, 0.25) is 0 Å². The van der Waals surface area contributed by atoms with Gasteiger partial charge in [-0.15, -0.1) is 0 Å². The highest BCUT2D eigenvalue weighted by Gasteiger charge is 2.11. The van der Waals surface area contributed by atoms with Gasteiger partial charge in [-0.3, -0.25) is 14.6 Å². The zero-order valence-electron chi connectivity index (χ0n) is 11.1. The monoisotopic (exact) mass is 258 g/mol. The van der Waals surface area contributed by atoms with E-state index in [2.05, 4.69) is 27.1 Å². The number of rotatable bonds is 3. The van der Waals surface area contributed by atoms with Crippen molar-refractivity contribution in [3.8, 4) is 11.4 Å². The fourth-order valence-electron chi connectivity index (χ4n) is 2.31. The number of pyridine rings is 1. The molecule has 0 saturated carbocycles. The SMILES string of the molecule is Cn1nccc1-c1ccc(CN2CCOCC2)cn1. The quantitative estimate of drug-likeness (QED) is 0.832. The number of nitrogens with zero attached hydrogens (tertiary/aromatic N) is 4. The van der Waals surface area contributed by atoms with Crippen LogP contribution in [0.5, 0.6) is 0 Å². The Balaban J connectivity index is 1.70. The van der Waals surface area contributed by atoms with Crippen LogP contribution in [0.15, 0.2) is 30.6 Å². The standard InChI is InChI=1S/C14H18N4O/c1-17-14(4-5-16-17)13-3-2-12(10-15-13)11-18-6-8-19-9-7-18/h2-5,10H,6-9,11H2,1H3. The second kappa shape index (κ2) is 5.50. The van der Waals surface area contributed by atoms with Crippen LogP contribution >= 0.6 is 0 Å². The van der Waals surface area contributed by atoms with Gasteiger partial charge in [-0.2, -0.15) is 5.10 Å². The van der Waals surface area contributed by atoms with Gasteiger partial charge in [0.25, 0.3) is 0 Å². The van der Waals surface area contributed by atoms with Crippen LogP contribution in [0, 0.1) is 0 Å². The number of ether oxygens (including phenoxy) is 1. The van der Waals surface area contributed by atoms with Crippen molar-refractivity contribution >= 4 is 0 Å². The fourth-order valence-corrected chi connectivity index (χ4v) is 2.31. The van der Waals surface area contributed by atoms with Crippen LogP contribution < -0.4 is 0 Å². The summed E-state index contributed by atoms with van der Waals surface area (Å²) >= 11 is 0. The Morgan fingerprint density at radius 2 is 2.05 bits per heavy atom. The van der Waals surface area contributed by atoms with E-state index in [0.29, 0.717) is 0 Å². The molecule has 100 valence electrons. The first-order valence-corrected chi connectivity index (χ1v) is 6.56. The average molecular weight is 258 g/mol. The summed E-state index contributed by atoms with van der Waals surface area (Å²) in [7, 11) is 1.93. The minimum atomic E-state index is 0.834. The molecule has 0 aromatic carbocycles. The van der Waals surface area contributed by atoms with E-state index in [1.165, 1.54) is 5.56 Å². The van der Waals surface area contributed by atoms with Crippen LogP contribution in [-0.2, 0) is 18.3 Å². The largest absolute Gasteiger partial charge is 0.379 e. The summed E-state index contributed by atoms with van der Waals surface area (Å²) < 4.78 is 7.19. The van der Waals surface area contributed by atoms with Crippen LogP contribution in [0.2, 0.25) is 0 Å². The van der Waals surface area contributed by atoms with Gasteiger partial charge in [-0.1, -0.05) is 6.07 Å². The van der Waals surface area contributed by atoms with E-state index in [1.807, 2.05) is 24.0 Å². The van der Waals surface area contributed by atoms with Crippen molar-refractivity contribution in [3.05, 3.63) is 36.2 Å². The highest BCUT2D eigenvalue weighted by molar-refractivity contribution is 5.53. The third-order valence-corrected chi connectivity index (χ3v) is 3.42. The van der Waals surface area contributed by atoms with E-state index in [9.17, 15) is 0 Å². The predicted molar refractivity (Wildman–Crippen MR) is 72.5 cm³/mol. The third kappa shape index (κ3) is 2.83. The zero-order valence-corrected chi connectivity index (χ0v) is 11.1. The lowest BCUT2D eigenvalue weighted by Gasteiger charge is -2.26. The van der Waals surface area contributed by atoms with E-state index in [4.69, 9.17) is 4.74 Å². The molecule has 0 unspecified atom stereocenters. The van der Waals surface area contributed by atoms with Crippen molar-refractivity contribution < 1.29 is 4.74 Å².